The van der Waals surface area contributed by atoms with E-state index < -0.39 is 0 Å². The van der Waals surface area contributed by atoms with Gasteiger partial charge in [0.25, 0.3) is 0 Å². The largest absolute Gasteiger partial charge is 0.457 e. The van der Waals surface area contributed by atoms with Crippen LogP contribution in [-0.2, 0) is 11.3 Å². The first-order valence-corrected chi connectivity index (χ1v) is 7.11. The average Bonchev–Trinajstić information content (AvgIpc) is 2.46. The normalized spacial score (nSPS) is 10.3. The van der Waals surface area contributed by atoms with Crippen LogP contribution in [0.5, 0.6) is 0 Å². The Bertz CT molecular complexity index is 639. The number of rotatable bonds is 4. The fourth-order valence-electron chi connectivity index (χ4n) is 1.76. The SMILES string of the molecule is CN(C)c1ccc(C(=O)OCc2ccc(Cl)cc2Cl)cc1. The molecule has 3 nitrogen and oxygen atoms in total. The van der Waals surface area contributed by atoms with E-state index in [4.69, 9.17) is 27.9 Å². The molecule has 110 valence electrons. The molecular formula is C16H15Cl2NO2. The van der Waals surface area contributed by atoms with Crippen molar-refractivity contribution in [3.63, 3.8) is 0 Å². The highest BCUT2D eigenvalue weighted by Crippen LogP contribution is 2.22. The van der Waals surface area contributed by atoms with Crippen LogP contribution in [0, 0.1) is 0 Å². The van der Waals surface area contributed by atoms with Crippen molar-refractivity contribution in [3.05, 3.63) is 63.6 Å². The van der Waals surface area contributed by atoms with Crippen LogP contribution in [0.3, 0.4) is 0 Å². The van der Waals surface area contributed by atoms with Crippen LogP contribution in [0.2, 0.25) is 10.0 Å². The van der Waals surface area contributed by atoms with Gasteiger partial charge in [-0.05, 0) is 36.4 Å². The Morgan fingerprint density at radius 2 is 1.76 bits per heavy atom. The molecule has 0 heterocycles. The third-order valence-electron chi connectivity index (χ3n) is 2.99. The van der Waals surface area contributed by atoms with Crippen molar-refractivity contribution in [3.8, 4) is 0 Å². The van der Waals surface area contributed by atoms with Gasteiger partial charge in [-0.25, -0.2) is 4.79 Å². The molecule has 0 saturated carbocycles. The van der Waals surface area contributed by atoms with Crippen molar-refractivity contribution in [2.45, 2.75) is 6.61 Å². The zero-order chi connectivity index (χ0) is 15.4. The Labute approximate surface area is 134 Å². The fourth-order valence-corrected chi connectivity index (χ4v) is 2.22. The maximum Gasteiger partial charge on any atom is 0.338 e. The molecule has 0 fully saturated rings. The molecule has 0 amide bonds. The first kappa shape index (κ1) is 15.7. The van der Waals surface area contributed by atoms with Crippen LogP contribution in [-0.4, -0.2) is 20.1 Å². The number of hydrogen-bond acceptors (Lipinski definition) is 3. The summed E-state index contributed by atoms with van der Waals surface area (Å²) in [6.07, 6.45) is 0. The molecule has 0 radical (unpaired) electrons. The van der Waals surface area contributed by atoms with Crippen molar-refractivity contribution in [2.75, 3.05) is 19.0 Å². The molecular weight excluding hydrogens is 309 g/mol. The Morgan fingerprint density at radius 3 is 2.33 bits per heavy atom. The summed E-state index contributed by atoms with van der Waals surface area (Å²) in [6, 6.07) is 12.3. The second-order valence-corrected chi connectivity index (χ2v) is 5.60. The van der Waals surface area contributed by atoms with Gasteiger partial charge < -0.3 is 9.64 Å². The van der Waals surface area contributed by atoms with Gasteiger partial charge in [-0.1, -0.05) is 29.3 Å². The third-order valence-corrected chi connectivity index (χ3v) is 3.58. The molecule has 0 atom stereocenters. The third kappa shape index (κ3) is 4.13. The highest BCUT2D eigenvalue weighted by molar-refractivity contribution is 6.35. The number of anilines is 1. The maximum absolute atomic E-state index is 12.0. The van der Waals surface area contributed by atoms with E-state index in [-0.39, 0.29) is 12.6 Å². The van der Waals surface area contributed by atoms with Crippen LogP contribution < -0.4 is 4.90 Å². The van der Waals surface area contributed by atoms with E-state index in [1.165, 1.54) is 0 Å². The number of hydrogen-bond donors (Lipinski definition) is 0. The number of carbonyl (C=O) groups excluding carboxylic acids is 1. The molecule has 0 bridgehead atoms. The molecule has 2 aromatic carbocycles. The summed E-state index contributed by atoms with van der Waals surface area (Å²) in [5.74, 6) is -0.383. The van der Waals surface area contributed by atoms with Crippen molar-refractivity contribution in [1.82, 2.24) is 0 Å². The summed E-state index contributed by atoms with van der Waals surface area (Å²) in [4.78, 5) is 13.9. The molecule has 0 unspecified atom stereocenters. The highest BCUT2D eigenvalue weighted by Gasteiger charge is 2.09. The van der Waals surface area contributed by atoms with Crippen molar-refractivity contribution >= 4 is 34.9 Å². The van der Waals surface area contributed by atoms with E-state index in [2.05, 4.69) is 0 Å². The van der Waals surface area contributed by atoms with E-state index in [0.29, 0.717) is 15.6 Å². The minimum atomic E-state index is -0.383. The van der Waals surface area contributed by atoms with E-state index in [1.807, 2.05) is 31.1 Å². The molecule has 0 N–H and O–H groups in total. The monoisotopic (exact) mass is 323 g/mol. The van der Waals surface area contributed by atoms with Crippen LogP contribution in [0.25, 0.3) is 0 Å². The van der Waals surface area contributed by atoms with Crippen LogP contribution >= 0.6 is 23.2 Å². The Morgan fingerprint density at radius 1 is 1.10 bits per heavy atom. The predicted molar refractivity (Wildman–Crippen MR) is 86.4 cm³/mol. The van der Waals surface area contributed by atoms with Crippen molar-refractivity contribution in [2.24, 2.45) is 0 Å². The summed E-state index contributed by atoms with van der Waals surface area (Å²) in [6.45, 7) is 0.115. The lowest BCUT2D eigenvalue weighted by atomic mass is 10.2. The molecule has 2 aromatic rings. The lowest BCUT2D eigenvalue weighted by molar-refractivity contribution is 0.0473. The minimum absolute atomic E-state index is 0.115. The molecule has 0 aliphatic heterocycles. The first-order valence-electron chi connectivity index (χ1n) is 6.36. The average molecular weight is 324 g/mol. The molecule has 0 aliphatic rings. The van der Waals surface area contributed by atoms with E-state index in [9.17, 15) is 4.79 Å². The number of nitrogens with zero attached hydrogens (tertiary/aromatic N) is 1. The summed E-state index contributed by atoms with van der Waals surface area (Å²) < 4.78 is 5.26. The Balaban J connectivity index is 2.01. The quantitative estimate of drug-likeness (QED) is 0.780. The lowest BCUT2D eigenvalue weighted by Crippen LogP contribution is -2.09. The van der Waals surface area contributed by atoms with Gasteiger partial charge in [0.15, 0.2) is 0 Å². The van der Waals surface area contributed by atoms with Crippen LogP contribution in [0.4, 0.5) is 5.69 Å². The molecule has 2 rings (SSSR count). The van der Waals surface area contributed by atoms with E-state index in [0.717, 1.165) is 11.3 Å². The molecule has 0 spiro atoms. The van der Waals surface area contributed by atoms with E-state index >= 15 is 0 Å². The van der Waals surface area contributed by atoms with Gasteiger partial charge in [-0.3, -0.25) is 0 Å². The summed E-state index contributed by atoms with van der Waals surface area (Å²) >= 11 is 11.9. The van der Waals surface area contributed by atoms with Gasteiger partial charge in [0, 0.05) is 35.4 Å². The second kappa shape index (κ2) is 6.83. The topological polar surface area (TPSA) is 29.5 Å². The van der Waals surface area contributed by atoms with Gasteiger partial charge in [-0.15, -0.1) is 0 Å². The summed E-state index contributed by atoms with van der Waals surface area (Å²) in [5, 5.41) is 1.03. The predicted octanol–water partition coefficient (Wildman–Crippen LogP) is 4.42. The van der Waals surface area contributed by atoms with Gasteiger partial charge in [0.2, 0.25) is 0 Å². The molecule has 21 heavy (non-hydrogen) atoms. The standard InChI is InChI=1S/C16H15Cl2NO2/c1-19(2)14-7-4-11(5-8-14)16(20)21-10-12-3-6-13(17)9-15(12)18/h3-9H,10H2,1-2H3. The number of carbonyl (C=O) groups is 1. The zero-order valence-corrected chi connectivity index (χ0v) is 13.3. The second-order valence-electron chi connectivity index (χ2n) is 4.75. The van der Waals surface area contributed by atoms with E-state index in [1.54, 1.807) is 30.3 Å². The van der Waals surface area contributed by atoms with Gasteiger partial charge in [0.1, 0.15) is 6.61 Å². The minimum Gasteiger partial charge on any atom is -0.457 e. The Kier molecular flexibility index (Phi) is 5.10. The molecule has 5 heteroatoms. The maximum atomic E-state index is 12.0. The van der Waals surface area contributed by atoms with Gasteiger partial charge in [-0.2, -0.15) is 0 Å². The van der Waals surface area contributed by atoms with Crippen LogP contribution in [0.15, 0.2) is 42.5 Å². The Hall–Kier alpha value is -1.71. The zero-order valence-electron chi connectivity index (χ0n) is 11.8. The smallest absolute Gasteiger partial charge is 0.338 e. The summed E-state index contributed by atoms with van der Waals surface area (Å²) in [7, 11) is 3.88. The molecule has 0 aliphatic carbocycles. The van der Waals surface area contributed by atoms with Crippen molar-refractivity contribution in [1.29, 1.82) is 0 Å². The lowest BCUT2D eigenvalue weighted by Gasteiger charge is -2.12. The van der Waals surface area contributed by atoms with Crippen LogP contribution in [0.1, 0.15) is 15.9 Å². The van der Waals surface area contributed by atoms with Crippen molar-refractivity contribution < 1.29 is 9.53 Å². The highest BCUT2D eigenvalue weighted by atomic mass is 35.5. The van der Waals surface area contributed by atoms with Gasteiger partial charge in [0.05, 0.1) is 5.56 Å². The number of benzene rings is 2. The molecule has 0 saturated heterocycles. The van der Waals surface area contributed by atoms with Gasteiger partial charge >= 0.3 is 5.97 Å². The summed E-state index contributed by atoms with van der Waals surface area (Å²) in [5.41, 5.74) is 2.25. The number of ether oxygens (including phenoxy) is 1. The molecule has 0 aromatic heterocycles. The fraction of sp³-hybridized carbons (Fsp3) is 0.188. The number of esters is 1. The number of halogens is 2. The first-order chi connectivity index (χ1) is 9.97.